The lowest BCUT2D eigenvalue weighted by atomic mass is 9.88. The molecule has 0 radical (unpaired) electrons. The van der Waals surface area contributed by atoms with Crippen LogP contribution in [-0.2, 0) is 15.7 Å². The van der Waals surface area contributed by atoms with Crippen molar-refractivity contribution in [3.05, 3.63) is 41.2 Å². The van der Waals surface area contributed by atoms with Crippen LogP contribution in [0.25, 0.3) is 0 Å². The highest BCUT2D eigenvalue weighted by atomic mass is 16.2. The molecule has 1 saturated carbocycles. The van der Waals surface area contributed by atoms with Crippen molar-refractivity contribution in [3.8, 4) is 0 Å². The Hall–Kier alpha value is -2.97. The Kier molecular flexibility index (Phi) is 4.76. The topological polar surface area (TPSA) is 110 Å². The van der Waals surface area contributed by atoms with Crippen molar-refractivity contribution in [2.45, 2.75) is 56.9 Å². The molecule has 3 fully saturated rings. The quantitative estimate of drug-likeness (QED) is 0.785. The van der Waals surface area contributed by atoms with Gasteiger partial charge in [0.1, 0.15) is 0 Å². The number of primary amides is 1. The van der Waals surface area contributed by atoms with E-state index in [0.29, 0.717) is 38.5 Å². The molecule has 2 aliphatic heterocycles. The number of carbonyl (C=O) groups is 2. The number of nitrogens with zero attached hydrogens (tertiary/aromatic N) is 6. The molecular formula is C23H31N7O2. The number of hydrogen-bond donors (Lipinski definition) is 1. The number of urea groups is 1. The molecule has 170 valence electrons. The van der Waals surface area contributed by atoms with Gasteiger partial charge < -0.3 is 15.5 Å². The van der Waals surface area contributed by atoms with Crippen molar-refractivity contribution in [2.75, 3.05) is 26.2 Å². The molecule has 5 rings (SSSR count). The molecule has 0 unspecified atom stereocenters. The summed E-state index contributed by atoms with van der Waals surface area (Å²) in [4.78, 5) is 29.3. The number of nitrogens with two attached hydrogens (primary N) is 1. The Morgan fingerprint density at radius 2 is 1.75 bits per heavy atom. The first-order valence-corrected chi connectivity index (χ1v) is 11.4. The first kappa shape index (κ1) is 20.9. The highest BCUT2D eigenvalue weighted by molar-refractivity contribution is 5.80. The number of amides is 3. The van der Waals surface area contributed by atoms with E-state index in [1.165, 1.54) is 11.1 Å². The molecule has 3 amide bonds. The summed E-state index contributed by atoms with van der Waals surface area (Å²) in [7, 11) is 0. The van der Waals surface area contributed by atoms with E-state index in [0.717, 1.165) is 18.7 Å². The van der Waals surface area contributed by atoms with Gasteiger partial charge in [-0.3, -0.25) is 4.79 Å². The largest absolute Gasteiger partial charge is 0.369 e. The van der Waals surface area contributed by atoms with Crippen LogP contribution in [0, 0.1) is 5.92 Å². The van der Waals surface area contributed by atoms with E-state index >= 15 is 0 Å². The Labute approximate surface area is 187 Å². The van der Waals surface area contributed by atoms with Gasteiger partial charge in [-0.05, 0) is 56.4 Å². The Bertz CT molecular complexity index is 1030. The van der Waals surface area contributed by atoms with Crippen LogP contribution >= 0.6 is 0 Å². The lowest BCUT2D eigenvalue weighted by Crippen LogP contribution is -2.53. The van der Waals surface area contributed by atoms with E-state index in [4.69, 9.17) is 5.73 Å². The molecule has 2 aromatic rings. The summed E-state index contributed by atoms with van der Waals surface area (Å²) in [6, 6.07) is 8.74. The number of aromatic nitrogens is 4. The molecular weight excluding hydrogens is 406 g/mol. The third-order valence-electron chi connectivity index (χ3n) is 7.14. The molecule has 9 heteroatoms. The van der Waals surface area contributed by atoms with Crippen molar-refractivity contribution >= 4 is 11.9 Å². The van der Waals surface area contributed by atoms with Crippen LogP contribution in [0.3, 0.4) is 0 Å². The summed E-state index contributed by atoms with van der Waals surface area (Å²) < 4.78 is 0. The van der Waals surface area contributed by atoms with Crippen LogP contribution < -0.4 is 5.73 Å². The lowest BCUT2D eigenvalue weighted by Gasteiger charge is -2.41. The summed E-state index contributed by atoms with van der Waals surface area (Å²) in [6.45, 7) is 8.68. The summed E-state index contributed by atoms with van der Waals surface area (Å²) >= 11 is 0. The highest BCUT2D eigenvalue weighted by Crippen LogP contribution is 2.52. The van der Waals surface area contributed by atoms with E-state index in [-0.39, 0.29) is 28.8 Å². The lowest BCUT2D eigenvalue weighted by molar-refractivity contribution is -0.121. The van der Waals surface area contributed by atoms with Gasteiger partial charge in [0.2, 0.25) is 5.91 Å². The number of likely N-dealkylation sites (tertiary alicyclic amines) is 2. The number of carbonyl (C=O) groups excluding carboxylic acids is 2. The van der Waals surface area contributed by atoms with E-state index < -0.39 is 0 Å². The zero-order valence-corrected chi connectivity index (χ0v) is 19.0. The van der Waals surface area contributed by atoms with Crippen LogP contribution in [0.5, 0.6) is 0 Å². The van der Waals surface area contributed by atoms with Crippen molar-refractivity contribution in [2.24, 2.45) is 11.7 Å². The fourth-order valence-corrected chi connectivity index (χ4v) is 4.74. The van der Waals surface area contributed by atoms with E-state index in [2.05, 4.69) is 60.4 Å². The van der Waals surface area contributed by atoms with Crippen LogP contribution in [0.1, 0.15) is 62.9 Å². The highest BCUT2D eigenvalue weighted by Gasteiger charge is 2.50. The average Bonchev–Trinajstić information content (AvgIpc) is 3.15. The maximum Gasteiger partial charge on any atom is 0.320 e. The summed E-state index contributed by atoms with van der Waals surface area (Å²) in [5.41, 5.74) is 7.56. The first-order chi connectivity index (χ1) is 15.2. The smallest absolute Gasteiger partial charge is 0.320 e. The maximum absolute atomic E-state index is 12.7. The number of benzene rings is 1. The third kappa shape index (κ3) is 3.53. The summed E-state index contributed by atoms with van der Waals surface area (Å²) in [5, 5.41) is 13.3. The Morgan fingerprint density at radius 3 is 2.28 bits per heavy atom. The van der Waals surface area contributed by atoms with Crippen molar-refractivity contribution < 1.29 is 9.59 Å². The van der Waals surface area contributed by atoms with Gasteiger partial charge >= 0.3 is 6.03 Å². The summed E-state index contributed by atoms with van der Waals surface area (Å²) in [5.74, 6) is 0.627. The van der Waals surface area contributed by atoms with Gasteiger partial charge in [0.05, 0.1) is 16.9 Å². The number of tetrazole rings is 1. The van der Waals surface area contributed by atoms with Gasteiger partial charge in [-0.15, -0.1) is 10.2 Å². The zero-order valence-electron chi connectivity index (χ0n) is 19.0. The fourth-order valence-electron chi connectivity index (χ4n) is 4.74. The molecule has 2 N–H and O–H groups in total. The second-order valence-corrected chi connectivity index (χ2v) is 10.5. The zero-order chi connectivity index (χ0) is 22.7. The Morgan fingerprint density at radius 1 is 1.06 bits per heavy atom. The molecule has 1 atom stereocenters. The molecule has 3 heterocycles. The van der Waals surface area contributed by atoms with Gasteiger partial charge in [0.25, 0.3) is 0 Å². The van der Waals surface area contributed by atoms with Crippen LogP contribution in [0.2, 0.25) is 0 Å². The third-order valence-corrected chi connectivity index (χ3v) is 7.14. The molecule has 9 nitrogen and oxygen atoms in total. The monoisotopic (exact) mass is 437 g/mol. The number of rotatable bonds is 4. The molecule has 32 heavy (non-hydrogen) atoms. The van der Waals surface area contributed by atoms with Crippen LogP contribution in [0.15, 0.2) is 24.3 Å². The minimum absolute atomic E-state index is 0.0200. The summed E-state index contributed by atoms with van der Waals surface area (Å²) in [6.07, 6.45) is 2.74. The van der Waals surface area contributed by atoms with Crippen molar-refractivity contribution in [1.29, 1.82) is 0 Å². The van der Waals surface area contributed by atoms with Gasteiger partial charge in [-0.2, -0.15) is 4.80 Å². The molecule has 1 aromatic carbocycles. The minimum Gasteiger partial charge on any atom is -0.369 e. The molecule has 0 bridgehead atoms. The normalized spacial score (nSPS) is 22.7. The fraction of sp³-hybridized carbons (Fsp3) is 0.609. The molecule has 1 aromatic heterocycles. The second kappa shape index (κ2) is 7.28. The standard InChI is InChI=1S/C23H31N7O2/c1-22(2,3)30-26-20(25-27-30)23(9-10-23)18-6-4-15(5-7-18)17-13-29(14-17)21(32)28-11-8-16(12-28)19(24)31/h4-7,16-17H,8-14H2,1-3H3,(H2,24,31)/t16-/m0/s1. The molecule has 2 saturated heterocycles. The van der Waals surface area contributed by atoms with E-state index in [9.17, 15) is 9.59 Å². The first-order valence-electron chi connectivity index (χ1n) is 11.4. The molecule has 1 aliphatic carbocycles. The second-order valence-electron chi connectivity index (χ2n) is 10.5. The van der Waals surface area contributed by atoms with Gasteiger partial charge in [0.15, 0.2) is 5.82 Å². The predicted molar refractivity (Wildman–Crippen MR) is 118 cm³/mol. The molecule has 0 spiro atoms. The number of hydrogen-bond acceptors (Lipinski definition) is 5. The predicted octanol–water partition coefficient (Wildman–Crippen LogP) is 1.83. The molecule has 3 aliphatic rings. The van der Waals surface area contributed by atoms with Gasteiger partial charge in [-0.25, -0.2) is 4.79 Å². The van der Waals surface area contributed by atoms with Crippen molar-refractivity contribution in [3.63, 3.8) is 0 Å². The van der Waals surface area contributed by atoms with Gasteiger partial charge in [0, 0.05) is 32.1 Å². The minimum atomic E-state index is -0.313. The van der Waals surface area contributed by atoms with Crippen LogP contribution in [-0.4, -0.2) is 68.1 Å². The maximum atomic E-state index is 12.7. The van der Waals surface area contributed by atoms with Gasteiger partial charge in [-0.1, -0.05) is 24.3 Å². The Balaban J connectivity index is 1.21. The van der Waals surface area contributed by atoms with Crippen LogP contribution in [0.4, 0.5) is 4.79 Å². The average molecular weight is 438 g/mol. The van der Waals surface area contributed by atoms with Crippen molar-refractivity contribution in [1.82, 2.24) is 30.0 Å². The van der Waals surface area contributed by atoms with E-state index in [1.54, 1.807) is 9.70 Å². The van der Waals surface area contributed by atoms with E-state index in [1.807, 2.05) is 4.90 Å². The SMILES string of the molecule is CC(C)(C)n1nnc(C2(c3ccc(C4CN(C(=O)N5CC[C@H](C(N)=O)C5)C4)cc3)CC2)n1.